The first-order valence-corrected chi connectivity index (χ1v) is 9.03. The zero-order chi connectivity index (χ0) is 19.4. The van der Waals surface area contributed by atoms with Gasteiger partial charge in [-0.05, 0) is 49.1 Å². The van der Waals surface area contributed by atoms with Crippen LogP contribution in [0.1, 0.15) is 30.0 Å². The summed E-state index contributed by atoms with van der Waals surface area (Å²) in [4.78, 5) is 24.0. The van der Waals surface area contributed by atoms with Gasteiger partial charge in [0.25, 0.3) is 5.91 Å². The van der Waals surface area contributed by atoms with Crippen molar-refractivity contribution in [2.24, 2.45) is 0 Å². The van der Waals surface area contributed by atoms with Crippen LogP contribution < -0.4 is 15.7 Å². The standard InChI is InChI=1S/C22H23NO4/c1-4-6-16-11-21(25)27-19-12-17(9-10-18(16)19)26-13-20(24)23-22-14(2)7-5-8-15(22)3/h5,7-12H,4,6,13H2,1-3H3,(H,23,24). The van der Waals surface area contributed by atoms with Crippen LogP contribution >= 0.6 is 0 Å². The third-order valence-corrected chi connectivity index (χ3v) is 4.44. The van der Waals surface area contributed by atoms with E-state index in [1.165, 1.54) is 6.07 Å². The normalized spacial score (nSPS) is 10.8. The molecule has 3 aromatic rings. The topological polar surface area (TPSA) is 68.5 Å². The molecule has 0 radical (unpaired) electrons. The van der Waals surface area contributed by atoms with Gasteiger partial charge in [-0.25, -0.2) is 4.79 Å². The number of para-hydroxylation sites is 1. The number of fused-ring (bicyclic) bond motifs is 1. The molecule has 0 aliphatic heterocycles. The number of carbonyl (C=O) groups excluding carboxylic acids is 1. The molecule has 2 aromatic carbocycles. The number of carbonyl (C=O) groups is 1. The molecule has 0 aliphatic carbocycles. The maximum Gasteiger partial charge on any atom is 0.336 e. The smallest absolute Gasteiger partial charge is 0.336 e. The summed E-state index contributed by atoms with van der Waals surface area (Å²) in [6, 6.07) is 12.7. The molecule has 0 saturated carbocycles. The van der Waals surface area contributed by atoms with Crippen molar-refractivity contribution in [3.63, 3.8) is 0 Å². The zero-order valence-electron chi connectivity index (χ0n) is 15.8. The highest BCUT2D eigenvalue weighted by Gasteiger charge is 2.10. The van der Waals surface area contributed by atoms with Crippen LogP contribution in [0.15, 0.2) is 51.7 Å². The predicted molar refractivity (Wildman–Crippen MR) is 107 cm³/mol. The lowest BCUT2D eigenvalue weighted by Gasteiger charge is -2.12. The molecule has 0 fully saturated rings. The molecule has 1 N–H and O–H groups in total. The van der Waals surface area contributed by atoms with Gasteiger partial charge in [0.1, 0.15) is 11.3 Å². The van der Waals surface area contributed by atoms with Crippen molar-refractivity contribution >= 4 is 22.6 Å². The van der Waals surface area contributed by atoms with Crippen LogP contribution in [0.2, 0.25) is 0 Å². The van der Waals surface area contributed by atoms with Crippen LogP contribution in [-0.2, 0) is 11.2 Å². The average Bonchev–Trinajstić information content (AvgIpc) is 2.63. The van der Waals surface area contributed by atoms with E-state index in [1.54, 1.807) is 12.1 Å². The molecule has 0 bridgehead atoms. The van der Waals surface area contributed by atoms with Crippen LogP contribution in [0.5, 0.6) is 5.75 Å². The molecule has 5 nitrogen and oxygen atoms in total. The first kappa shape index (κ1) is 18.7. The van der Waals surface area contributed by atoms with E-state index in [0.717, 1.165) is 40.6 Å². The maximum absolute atomic E-state index is 12.2. The van der Waals surface area contributed by atoms with Gasteiger partial charge in [-0.2, -0.15) is 0 Å². The second kappa shape index (κ2) is 8.08. The second-order valence-corrected chi connectivity index (χ2v) is 6.60. The SMILES string of the molecule is CCCc1cc(=O)oc2cc(OCC(=O)Nc3c(C)cccc3C)ccc12. The fourth-order valence-corrected chi connectivity index (χ4v) is 3.11. The minimum Gasteiger partial charge on any atom is -0.484 e. The van der Waals surface area contributed by atoms with Gasteiger partial charge in [-0.15, -0.1) is 0 Å². The van der Waals surface area contributed by atoms with Crippen molar-refractivity contribution in [1.82, 2.24) is 0 Å². The molecular weight excluding hydrogens is 342 g/mol. The summed E-state index contributed by atoms with van der Waals surface area (Å²) in [5.74, 6) is 0.240. The fraction of sp³-hybridized carbons (Fsp3) is 0.273. The highest BCUT2D eigenvalue weighted by Crippen LogP contribution is 2.24. The molecule has 0 spiro atoms. The van der Waals surface area contributed by atoms with E-state index in [9.17, 15) is 9.59 Å². The van der Waals surface area contributed by atoms with Crippen molar-refractivity contribution < 1.29 is 13.9 Å². The van der Waals surface area contributed by atoms with E-state index >= 15 is 0 Å². The van der Waals surface area contributed by atoms with E-state index in [2.05, 4.69) is 12.2 Å². The average molecular weight is 365 g/mol. The molecule has 0 aliphatic rings. The van der Waals surface area contributed by atoms with Gasteiger partial charge in [-0.1, -0.05) is 31.5 Å². The molecule has 0 saturated heterocycles. The summed E-state index contributed by atoms with van der Waals surface area (Å²) in [5, 5.41) is 3.78. The van der Waals surface area contributed by atoms with E-state index in [4.69, 9.17) is 9.15 Å². The number of anilines is 1. The largest absolute Gasteiger partial charge is 0.484 e. The molecule has 5 heteroatoms. The van der Waals surface area contributed by atoms with Crippen LogP contribution in [0.3, 0.4) is 0 Å². The highest BCUT2D eigenvalue weighted by molar-refractivity contribution is 5.93. The summed E-state index contributed by atoms with van der Waals surface area (Å²) in [6.07, 6.45) is 1.75. The van der Waals surface area contributed by atoms with Gasteiger partial charge in [0.2, 0.25) is 0 Å². The lowest BCUT2D eigenvalue weighted by Crippen LogP contribution is -2.21. The Hall–Kier alpha value is -3.08. The molecule has 1 amide bonds. The Morgan fingerprint density at radius 1 is 1.11 bits per heavy atom. The van der Waals surface area contributed by atoms with Crippen molar-refractivity contribution in [2.45, 2.75) is 33.6 Å². The molecule has 140 valence electrons. The Bertz CT molecular complexity index is 1020. The molecule has 0 atom stereocenters. The van der Waals surface area contributed by atoms with E-state index in [-0.39, 0.29) is 18.1 Å². The van der Waals surface area contributed by atoms with E-state index in [1.807, 2.05) is 38.1 Å². The first-order chi connectivity index (χ1) is 13.0. The van der Waals surface area contributed by atoms with Crippen LogP contribution in [-0.4, -0.2) is 12.5 Å². The summed E-state index contributed by atoms with van der Waals surface area (Å²) in [7, 11) is 0. The van der Waals surface area contributed by atoms with Gasteiger partial charge in [0.05, 0.1) is 0 Å². The monoisotopic (exact) mass is 365 g/mol. The maximum atomic E-state index is 12.2. The molecule has 0 unspecified atom stereocenters. The Labute approximate surface area is 158 Å². The number of amides is 1. The van der Waals surface area contributed by atoms with Gasteiger partial charge < -0.3 is 14.5 Å². The van der Waals surface area contributed by atoms with Crippen molar-refractivity contribution in [3.05, 3.63) is 69.6 Å². The van der Waals surface area contributed by atoms with E-state index in [0.29, 0.717) is 11.3 Å². The Morgan fingerprint density at radius 2 is 1.85 bits per heavy atom. The summed E-state index contributed by atoms with van der Waals surface area (Å²) < 4.78 is 10.9. The number of ether oxygens (including phenoxy) is 1. The number of hydrogen-bond acceptors (Lipinski definition) is 4. The van der Waals surface area contributed by atoms with Crippen LogP contribution in [0, 0.1) is 13.8 Å². The number of aryl methyl sites for hydroxylation is 3. The van der Waals surface area contributed by atoms with Gasteiger partial charge in [-0.3, -0.25) is 4.79 Å². The predicted octanol–water partition coefficient (Wildman–Crippen LogP) is 4.38. The lowest BCUT2D eigenvalue weighted by atomic mass is 10.1. The molecule has 27 heavy (non-hydrogen) atoms. The minimum atomic E-state index is -0.379. The summed E-state index contributed by atoms with van der Waals surface area (Å²) in [6.45, 7) is 5.83. The quantitative estimate of drug-likeness (QED) is 0.658. The van der Waals surface area contributed by atoms with Gasteiger partial charge >= 0.3 is 5.63 Å². The number of hydrogen-bond donors (Lipinski definition) is 1. The Balaban J connectivity index is 1.73. The van der Waals surface area contributed by atoms with Crippen molar-refractivity contribution in [1.29, 1.82) is 0 Å². The van der Waals surface area contributed by atoms with Gasteiger partial charge in [0.15, 0.2) is 6.61 Å². The van der Waals surface area contributed by atoms with Crippen molar-refractivity contribution in [2.75, 3.05) is 11.9 Å². The molecular formula is C22H23NO4. The van der Waals surface area contributed by atoms with Gasteiger partial charge in [0, 0.05) is 23.2 Å². The molecule has 1 aromatic heterocycles. The lowest BCUT2D eigenvalue weighted by molar-refractivity contribution is -0.118. The number of nitrogens with one attached hydrogen (secondary N) is 1. The van der Waals surface area contributed by atoms with Crippen LogP contribution in [0.25, 0.3) is 11.0 Å². The van der Waals surface area contributed by atoms with Crippen molar-refractivity contribution in [3.8, 4) is 5.75 Å². The highest BCUT2D eigenvalue weighted by atomic mass is 16.5. The third kappa shape index (κ3) is 4.37. The van der Waals surface area contributed by atoms with Crippen LogP contribution in [0.4, 0.5) is 5.69 Å². The molecule has 1 heterocycles. The summed E-state index contributed by atoms with van der Waals surface area (Å²) >= 11 is 0. The Morgan fingerprint density at radius 3 is 2.56 bits per heavy atom. The summed E-state index contributed by atoms with van der Waals surface area (Å²) in [5.41, 5.74) is 3.86. The third-order valence-electron chi connectivity index (χ3n) is 4.44. The number of rotatable bonds is 6. The van der Waals surface area contributed by atoms with E-state index < -0.39 is 0 Å². The molecule has 3 rings (SSSR count). The minimum absolute atomic E-state index is 0.127. The number of benzene rings is 2. The fourth-order valence-electron chi connectivity index (χ4n) is 3.11. The second-order valence-electron chi connectivity index (χ2n) is 6.60. The first-order valence-electron chi connectivity index (χ1n) is 9.03. The Kier molecular flexibility index (Phi) is 5.60. The zero-order valence-corrected chi connectivity index (χ0v) is 15.8.